The largest absolute Gasteiger partial charge is 0.293 e. The van der Waals surface area contributed by atoms with E-state index in [2.05, 4.69) is 20.3 Å². The lowest BCUT2D eigenvalue weighted by Gasteiger charge is -2.01. The van der Waals surface area contributed by atoms with E-state index in [0.717, 1.165) is 0 Å². The monoisotopic (exact) mass is 319 g/mol. The van der Waals surface area contributed by atoms with Crippen LogP contribution in [0.4, 0.5) is 0 Å². The van der Waals surface area contributed by atoms with E-state index in [1.807, 2.05) is 0 Å². The molecule has 0 amide bonds. The maximum Gasteiger partial charge on any atom is 0.182 e. The summed E-state index contributed by atoms with van der Waals surface area (Å²) in [5, 5.41) is 9.18. The Bertz CT molecular complexity index is 802. The second kappa shape index (κ2) is 5.79. The third kappa shape index (κ3) is 2.88. The molecule has 0 unspecified atom stereocenters. The van der Waals surface area contributed by atoms with Gasteiger partial charge in [-0.05, 0) is 24.3 Å². The maximum absolute atomic E-state index is 12.1. The minimum Gasteiger partial charge on any atom is -0.293 e. The lowest BCUT2D eigenvalue weighted by atomic mass is 10.1. The van der Waals surface area contributed by atoms with Crippen molar-refractivity contribution in [2.75, 3.05) is 5.75 Å². The first-order valence-electron chi connectivity index (χ1n) is 6.07. The molecule has 6 nitrogen and oxygen atoms in total. The van der Waals surface area contributed by atoms with Crippen LogP contribution in [0.1, 0.15) is 10.4 Å². The van der Waals surface area contributed by atoms with Crippen LogP contribution < -0.4 is 0 Å². The number of nitrogens with zero attached hydrogens (tertiary/aromatic N) is 5. The van der Waals surface area contributed by atoms with Gasteiger partial charge in [-0.15, -0.1) is 5.10 Å². The fourth-order valence-electron chi connectivity index (χ4n) is 1.79. The van der Waals surface area contributed by atoms with Crippen molar-refractivity contribution in [2.45, 2.75) is 5.03 Å². The van der Waals surface area contributed by atoms with E-state index in [4.69, 9.17) is 11.6 Å². The van der Waals surface area contributed by atoms with E-state index in [9.17, 15) is 4.79 Å². The number of aryl methyl sites for hydroxylation is 1. The highest BCUT2D eigenvalue weighted by molar-refractivity contribution is 8.00. The molecule has 0 aliphatic carbocycles. The summed E-state index contributed by atoms with van der Waals surface area (Å²) in [6.07, 6.45) is 1.45. The number of thioether (sulfide) groups is 1. The number of benzene rings is 1. The molecular weight excluding hydrogens is 310 g/mol. The number of ketones is 1. The number of carbonyl (C=O) groups excluding carboxylic acids is 1. The van der Waals surface area contributed by atoms with Crippen molar-refractivity contribution in [3.63, 3.8) is 0 Å². The number of aromatic nitrogens is 5. The zero-order chi connectivity index (χ0) is 14.8. The number of halogens is 1. The van der Waals surface area contributed by atoms with Crippen LogP contribution >= 0.6 is 23.4 Å². The summed E-state index contributed by atoms with van der Waals surface area (Å²) in [6.45, 7) is 0. The summed E-state index contributed by atoms with van der Waals surface area (Å²) in [7, 11) is 1.76. The van der Waals surface area contributed by atoms with Gasteiger partial charge in [-0.1, -0.05) is 28.6 Å². The van der Waals surface area contributed by atoms with E-state index < -0.39 is 0 Å². The van der Waals surface area contributed by atoms with Gasteiger partial charge in [-0.25, -0.2) is 14.6 Å². The molecule has 0 radical (unpaired) electrons. The maximum atomic E-state index is 12.1. The molecule has 0 saturated heterocycles. The summed E-state index contributed by atoms with van der Waals surface area (Å²) < 4.78 is 1.57. The van der Waals surface area contributed by atoms with Gasteiger partial charge in [-0.3, -0.25) is 4.79 Å². The highest BCUT2D eigenvalue weighted by Crippen LogP contribution is 2.23. The van der Waals surface area contributed by atoms with Crippen LogP contribution in [-0.2, 0) is 7.05 Å². The second-order valence-corrected chi connectivity index (χ2v) is 5.68. The van der Waals surface area contributed by atoms with Gasteiger partial charge in [0.15, 0.2) is 16.9 Å². The third-order valence-corrected chi connectivity index (χ3v) is 4.09. The quantitative estimate of drug-likeness (QED) is 0.417. The number of carbonyl (C=O) groups is 1. The molecule has 106 valence electrons. The van der Waals surface area contributed by atoms with Gasteiger partial charge in [0.2, 0.25) is 0 Å². The van der Waals surface area contributed by atoms with E-state index >= 15 is 0 Å². The summed E-state index contributed by atoms with van der Waals surface area (Å²) in [6, 6.07) is 6.82. The number of Topliss-reactive ketones (excluding diaryl/α,β-unsaturated/α-hetero) is 1. The molecule has 2 aromatic heterocycles. The third-order valence-electron chi connectivity index (χ3n) is 2.86. The van der Waals surface area contributed by atoms with Crippen molar-refractivity contribution < 1.29 is 4.79 Å². The van der Waals surface area contributed by atoms with Gasteiger partial charge in [0.05, 0.1) is 5.75 Å². The number of rotatable bonds is 4. The van der Waals surface area contributed by atoms with Crippen LogP contribution in [0.25, 0.3) is 11.2 Å². The second-order valence-electron chi connectivity index (χ2n) is 4.28. The number of hydrogen-bond donors (Lipinski definition) is 0. The Morgan fingerprint density at radius 3 is 2.81 bits per heavy atom. The topological polar surface area (TPSA) is 73.6 Å². The van der Waals surface area contributed by atoms with Gasteiger partial charge in [0, 0.05) is 17.6 Å². The van der Waals surface area contributed by atoms with E-state index in [-0.39, 0.29) is 11.5 Å². The lowest BCUT2D eigenvalue weighted by molar-refractivity contribution is 0.102. The average Bonchev–Trinajstić information content (AvgIpc) is 2.88. The average molecular weight is 320 g/mol. The van der Waals surface area contributed by atoms with Crippen LogP contribution in [-0.4, -0.2) is 36.5 Å². The Kier molecular flexibility index (Phi) is 3.85. The Balaban J connectivity index is 1.77. The van der Waals surface area contributed by atoms with Gasteiger partial charge >= 0.3 is 0 Å². The van der Waals surface area contributed by atoms with E-state index in [1.165, 1.54) is 18.1 Å². The van der Waals surface area contributed by atoms with Gasteiger partial charge in [-0.2, -0.15) is 0 Å². The fourth-order valence-corrected chi connectivity index (χ4v) is 2.74. The predicted octanol–water partition coefficient (Wildman–Crippen LogP) is 2.39. The van der Waals surface area contributed by atoms with Crippen LogP contribution in [0.3, 0.4) is 0 Å². The molecule has 8 heteroatoms. The van der Waals surface area contributed by atoms with Crippen molar-refractivity contribution in [2.24, 2.45) is 7.05 Å². The predicted molar refractivity (Wildman–Crippen MR) is 80.6 cm³/mol. The van der Waals surface area contributed by atoms with Gasteiger partial charge < -0.3 is 0 Å². The van der Waals surface area contributed by atoms with Crippen molar-refractivity contribution >= 4 is 40.3 Å². The summed E-state index contributed by atoms with van der Waals surface area (Å²) in [4.78, 5) is 20.4. The molecule has 0 fully saturated rings. The Morgan fingerprint density at radius 1 is 1.29 bits per heavy atom. The molecule has 0 aliphatic rings. The zero-order valence-electron chi connectivity index (χ0n) is 11.0. The molecule has 0 N–H and O–H groups in total. The fraction of sp³-hybridized carbons (Fsp3) is 0.154. The molecule has 2 heterocycles. The first kappa shape index (κ1) is 14.0. The minimum atomic E-state index is 0.00678. The number of fused-ring (bicyclic) bond motifs is 1. The normalized spacial score (nSPS) is 11.0. The van der Waals surface area contributed by atoms with Crippen LogP contribution in [0.5, 0.6) is 0 Å². The van der Waals surface area contributed by atoms with Gasteiger partial charge in [0.25, 0.3) is 0 Å². The van der Waals surface area contributed by atoms with E-state index in [1.54, 1.807) is 36.0 Å². The molecule has 0 spiro atoms. The number of hydrogen-bond acceptors (Lipinski definition) is 6. The minimum absolute atomic E-state index is 0.00678. The molecule has 21 heavy (non-hydrogen) atoms. The van der Waals surface area contributed by atoms with Crippen molar-refractivity contribution in [1.82, 2.24) is 25.0 Å². The molecule has 0 saturated carbocycles. The van der Waals surface area contributed by atoms with Crippen molar-refractivity contribution in [3.8, 4) is 0 Å². The van der Waals surface area contributed by atoms with Crippen molar-refractivity contribution in [1.29, 1.82) is 0 Å². The molecule has 3 rings (SSSR count). The van der Waals surface area contributed by atoms with Gasteiger partial charge in [0.1, 0.15) is 11.4 Å². The summed E-state index contributed by atoms with van der Waals surface area (Å²) in [5.41, 5.74) is 1.87. The Hall–Kier alpha value is -1.99. The smallest absolute Gasteiger partial charge is 0.182 e. The Morgan fingerprint density at radius 2 is 2.05 bits per heavy atom. The summed E-state index contributed by atoms with van der Waals surface area (Å²) >= 11 is 7.13. The highest BCUT2D eigenvalue weighted by atomic mass is 35.5. The first-order valence-corrected chi connectivity index (χ1v) is 7.43. The molecule has 1 aromatic carbocycles. The van der Waals surface area contributed by atoms with E-state index in [0.29, 0.717) is 26.8 Å². The molecular formula is C13H10ClN5OS. The summed E-state index contributed by atoms with van der Waals surface area (Å²) in [5.74, 6) is 0.275. The zero-order valence-corrected chi connectivity index (χ0v) is 12.6. The molecule has 3 aromatic rings. The molecule has 0 bridgehead atoms. The SMILES string of the molecule is Cn1nnc2c(SCC(=O)c3ccc(Cl)cc3)ncnc21. The lowest BCUT2D eigenvalue weighted by Crippen LogP contribution is -2.02. The van der Waals surface area contributed by atoms with Crippen LogP contribution in [0.15, 0.2) is 35.6 Å². The van der Waals surface area contributed by atoms with Crippen LogP contribution in [0.2, 0.25) is 5.02 Å². The molecule has 0 aliphatic heterocycles. The van der Waals surface area contributed by atoms with Crippen molar-refractivity contribution in [3.05, 3.63) is 41.2 Å². The molecule has 0 atom stereocenters. The highest BCUT2D eigenvalue weighted by Gasteiger charge is 2.13. The first-order chi connectivity index (χ1) is 10.1. The Labute approximate surface area is 129 Å². The standard InChI is InChI=1S/C13H10ClN5OS/c1-19-12-11(17-18-19)13(16-7-15-12)21-6-10(20)8-2-4-9(14)5-3-8/h2-5,7H,6H2,1H3. The van der Waals surface area contributed by atoms with Crippen LogP contribution in [0, 0.1) is 0 Å².